The molecule has 0 atom stereocenters. The predicted molar refractivity (Wildman–Crippen MR) is 172 cm³/mol. The molecule has 6 rings (SSSR count). The van der Waals surface area contributed by atoms with Gasteiger partial charge in [0.15, 0.2) is 0 Å². The zero-order valence-electron chi connectivity index (χ0n) is 23.6. The zero-order chi connectivity index (χ0) is 28.2. The van der Waals surface area contributed by atoms with Crippen molar-refractivity contribution in [2.24, 2.45) is 0 Å². The molecule has 7 heteroatoms. The summed E-state index contributed by atoms with van der Waals surface area (Å²) in [5, 5.41) is 13.8. The van der Waals surface area contributed by atoms with Crippen molar-refractivity contribution < 1.29 is 4.79 Å². The summed E-state index contributed by atoms with van der Waals surface area (Å²) in [4.78, 5) is 18.7. The molecular weight excluding hydrogens is 526 g/mol. The number of thiophene rings is 1. The number of para-hydroxylation sites is 1. The van der Waals surface area contributed by atoms with Gasteiger partial charge in [0.2, 0.25) is 5.91 Å². The first-order chi connectivity index (χ1) is 20.0. The summed E-state index contributed by atoms with van der Waals surface area (Å²) in [5.74, 6) is -0.0103. The Morgan fingerprint density at radius 2 is 1.80 bits per heavy atom. The maximum atomic E-state index is 12.6. The van der Waals surface area contributed by atoms with Crippen molar-refractivity contribution in [1.29, 1.82) is 0 Å². The van der Waals surface area contributed by atoms with Gasteiger partial charge in [-0.1, -0.05) is 54.6 Å². The lowest BCUT2D eigenvalue weighted by atomic mass is 10.1. The molecule has 0 aliphatic carbocycles. The van der Waals surface area contributed by atoms with Crippen molar-refractivity contribution in [1.82, 2.24) is 15.1 Å². The number of carbonyl (C=O) groups excluding carboxylic acids is 1. The van der Waals surface area contributed by atoms with Gasteiger partial charge >= 0.3 is 0 Å². The molecule has 1 amide bonds. The van der Waals surface area contributed by atoms with Crippen LogP contribution in [0.15, 0.2) is 78.2 Å². The Hall–Kier alpha value is -4.20. The van der Waals surface area contributed by atoms with Gasteiger partial charge in [-0.3, -0.25) is 14.8 Å². The predicted octanol–water partition coefficient (Wildman–Crippen LogP) is 6.92. The number of hydrogen-bond donors (Lipinski definition) is 2. The smallest absolute Gasteiger partial charge is 0.229 e. The SMILES string of the molecule is Cc1cc2[nH]nc(C=Cc3cccc(CN4CCN(c5ccccc5C)CC4)c3)c2cc1NC(=O)Cc1cccs1. The molecule has 6 nitrogen and oxygen atoms in total. The minimum atomic E-state index is -0.0103. The van der Waals surface area contributed by atoms with Crippen LogP contribution in [0.2, 0.25) is 0 Å². The Balaban J connectivity index is 1.11. The fraction of sp³-hybridized carbons (Fsp3) is 0.235. The molecule has 1 aliphatic heterocycles. The number of aromatic amines is 1. The van der Waals surface area contributed by atoms with Gasteiger partial charge in [-0.25, -0.2) is 0 Å². The molecule has 208 valence electrons. The normalized spacial score (nSPS) is 14.2. The molecule has 3 aromatic carbocycles. The van der Waals surface area contributed by atoms with Crippen molar-refractivity contribution in [3.05, 3.63) is 111 Å². The van der Waals surface area contributed by atoms with Crippen molar-refractivity contribution in [2.45, 2.75) is 26.8 Å². The second-order valence-electron chi connectivity index (χ2n) is 10.8. The number of H-pyrrole nitrogens is 1. The standard InChI is InChI=1S/C34H35N5OS/c1-24-7-3-4-11-33(24)39-16-14-38(15-17-39)23-27-9-5-8-26(20-27)12-13-30-29-22-31(25(2)19-32(29)37-36-30)35-34(40)21-28-10-6-18-41-28/h3-13,18-20,22H,14-17,21,23H2,1-2H3,(H,35,40)(H,36,37). The largest absolute Gasteiger partial charge is 0.369 e. The van der Waals surface area contributed by atoms with Crippen LogP contribution in [0.3, 0.4) is 0 Å². The van der Waals surface area contributed by atoms with Gasteiger partial charge in [0.05, 0.1) is 17.6 Å². The summed E-state index contributed by atoms with van der Waals surface area (Å²) in [7, 11) is 0. The van der Waals surface area contributed by atoms with Gasteiger partial charge in [0.1, 0.15) is 0 Å². The summed E-state index contributed by atoms with van der Waals surface area (Å²) in [5.41, 5.74) is 8.79. The van der Waals surface area contributed by atoms with Crippen LogP contribution in [-0.2, 0) is 17.8 Å². The van der Waals surface area contributed by atoms with E-state index in [9.17, 15) is 4.79 Å². The van der Waals surface area contributed by atoms with Crippen LogP contribution in [-0.4, -0.2) is 47.2 Å². The van der Waals surface area contributed by atoms with Gasteiger partial charge in [-0.15, -0.1) is 11.3 Å². The highest BCUT2D eigenvalue weighted by Gasteiger charge is 2.18. The first-order valence-corrected chi connectivity index (χ1v) is 15.0. The minimum absolute atomic E-state index is 0.0103. The number of fused-ring (bicyclic) bond motifs is 1. The van der Waals surface area contributed by atoms with Crippen molar-refractivity contribution in [2.75, 3.05) is 36.4 Å². The molecule has 0 spiro atoms. The average molecular weight is 562 g/mol. The van der Waals surface area contributed by atoms with Crippen LogP contribution in [0, 0.1) is 13.8 Å². The van der Waals surface area contributed by atoms with Crippen molar-refractivity contribution >= 4 is 51.7 Å². The number of piperazine rings is 1. The Morgan fingerprint density at radius 1 is 0.951 bits per heavy atom. The molecule has 2 N–H and O–H groups in total. The third kappa shape index (κ3) is 6.42. The quantitative estimate of drug-likeness (QED) is 0.216. The van der Waals surface area contributed by atoms with E-state index in [0.29, 0.717) is 6.42 Å². The highest BCUT2D eigenvalue weighted by atomic mass is 32.1. The zero-order valence-corrected chi connectivity index (χ0v) is 24.4. The maximum Gasteiger partial charge on any atom is 0.229 e. The van der Waals surface area contributed by atoms with E-state index in [1.54, 1.807) is 11.3 Å². The summed E-state index contributed by atoms with van der Waals surface area (Å²) in [6, 6.07) is 25.4. The second kappa shape index (κ2) is 12.1. The summed E-state index contributed by atoms with van der Waals surface area (Å²) in [6.45, 7) is 9.35. The molecule has 0 radical (unpaired) electrons. The molecule has 1 fully saturated rings. The molecule has 5 aromatic rings. The van der Waals surface area contributed by atoms with Crippen molar-refractivity contribution in [3.63, 3.8) is 0 Å². The monoisotopic (exact) mass is 561 g/mol. The van der Waals surface area contributed by atoms with Crippen LogP contribution >= 0.6 is 11.3 Å². The summed E-state index contributed by atoms with van der Waals surface area (Å²) < 4.78 is 0. The molecular formula is C34H35N5OS. The van der Waals surface area contributed by atoms with Gasteiger partial charge < -0.3 is 10.2 Å². The summed E-state index contributed by atoms with van der Waals surface area (Å²) in [6.07, 6.45) is 4.54. The third-order valence-corrected chi connectivity index (χ3v) is 8.62. The molecule has 0 unspecified atom stereocenters. The Bertz CT molecular complexity index is 1680. The van der Waals surface area contributed by atoms with Gasteiger partial charge in [0.25, 0.3) is 0 Å². The number of carbonyl (C=O) groups is 1. The lowest BCUT2D eigenvalue weighted by Gasteiger charge is -2.36. The number of hydrogen-bond acceptors (Lipinski definition) is 5. The maximum absolute atomic E-state index is 12.6. The average Bonchev–Trinajstić information content (AvgIpc) is 3.63. The minimum Gasteiger partial charge on any atom is -0.369 e. The number of rotatable bonds is 8. The lowest BCUT2D eigenvalue weighted by Crippen LogP contribution is -2.46. The molecule has 1 aliphatic rings. The lowest BCUT2D eigenvalue weighted by molar-refractivity contribution is -0.115. The first kappa shape index (κ1) is 27.0. The number of anilines is 2. The van der Waals surface area contributed by atoms with Crippen LogP contribution in [0.1, 0.15) is 32.8 Å². The Labute approximate surface area is 245 Å². The van der Waals surface area contributed by atoms with Gasteiger partial charge in [-0.2, -0.15) is 5.10 Å². The van der Waals surface area contributed by atoms with E-state index in [1.807, 2.05) is 42.6 Å². The Kier molecular flexibility index (Phi) is 7.98. The summed E-state index contributed by atoms with van der Waals surface area (Å²) >= 11 is 1.60. The number of nitrogens with one attached hydrogen (secondary N) is 2. The van der Waals surface area contributed by atoms with E-state index in [-0.39, 0.29) is 5.91 Å². The van der Waals surface area contributed by atoms with Gasteiger partial charge in [-0.05, 0) is 71.8 Å². The first-order valence-electron chi connectivity index (χ1n) is 14.1. The number of aromatic nitrogens is 2. The van der Waals surface area contributed by atoms with Crippen LogP contribution < -0.4 is 10.2 Å². The van der Waals surface area contributed by atoms with Crippen LogP contribution in [0.25, 0.3) is 23.1 Å². The molecule has 0 bridgehead atoms. The molecule has 3 heterocycles. The van der Waals surface area contributed by atoms with Crippen LogP contribution in [0.4, 0.5) is 11.4 Å². The fourth-order valence-electron chi connectivity index (χ4n) is 5.51. The van der Waals surface area contributed by atoms with E-state index in [4.69, 9.17) is 0 Å². The number of benzene rings is 3. The molecule has 1 saturated heterocycles. The van der Waals surface area contributed by atoms with E-state index >= 15 is 0 Å². The molecule has 41 heavy (non-hydrogen) atoms. The molecule has 2 aromatic heterocycles. The van der Waals surface area contributed by atoms with E-state index in [2.05, 4.69) is 86.8 Å². The molecule has 0 saturated carbocycles. The highest BCUT2D eigenvalue weighted by molar-refractivity contribution is 7.10. The van der Waals surface area contributed by atoms with E-state index in [0.717, 1.165) is 71.0 Å². The topological polar surface area (TPSA) is 64.3 Å². The second-order valence-corrected chi connectivity index (χ2v) is 11.8. The number of amides is 1. The number of aryl methyl sites for hydroxylation is 2. The van der Waals surface area contributed by atoms with E-state index in [1.165, 1.54) is 16.8 Å². The van der Waals surface area contributed by atoms with E-state index < -0.39 is 0 Å². The van der Waals surface area contributed by atoms with Gasteiger partial charge in [0, 0.05) is 54.4 Å². The third-order valence-electron chi connectivity index (χ3n) is 7.75. The van der Waals surface area contributed by atoms with Crippen molar-refractivity contribution in [3.8, 4) is 0 Å². The highest BCUT2D eigenvalue weighted by Crippen LogP contribution is 2.27. The van der Waals surface area contributed by atoms with Crippen LogP contribution in [0.5, 0.6) is 0 Å². The number of nitrogens with zero attached hydrogens (tertiary/aromatic N) is 3. The fourth-order valence-corrected chi connectivity index (χ4v) is 6.22. The Morgan fingerprint density at radius 3 is 2.61 bits per heavy atom.